The van der Waals surface area contributed by atoms with Gasteiger partial charge in [-0.1, -0.05) is 30.3 Å². The molecule has 2 aliphatic rings. The van der Waals surface area contributed by atoms with Gasteiger partial charge in [0.2, 0.25) is 0 Å². The van der Waals surface area contributed by atoms with E-state index in [9.17, 15) is 8.42 Å². The molecule has 1 heterocycles. The highest BCUT2D eigenvalue weighted by atomic mass is 32.2. The Kier molecular flexibility index (Phi) is 4.57. The zero-order valence-corrected chi connectivity index (χ0v) is 13.9. The molecule has 1 aliphatic carbocycles. The van der Waals surface area contributed by atoms with Gasteiger partial charge >= 0.3 is 0 Å². The third-order valence-corrected chi connectivity index (χ3v) is 7.44. The summed E-state index contributed by atoms with van der Waals surface area (Å²) in [7, 11) is -3.08. The summed E-state index contributed by atoms with van der Waals surface area (Å²) < 4.78 is 29.1. The van der Waals surface area contributed by atoms with E-state index in [-0.39, 0.29) is 0 Å². The molecular weight excluding hydrogens is 298 g/mol. The predicted molar refractivity (Wildman–Crippen MR) is 87.8 cm³/mol. The van der Waals surface area contributed by atoms with Gasteiger partial charge in [-0.2, -0.15) is 0 Å². The van der Waals surface area contributed by atoms with Crippen LogP contribution >= 0.6 is 0 Å². The Labute approximate surface area is 133 Å². The number of benzene rings is 1. The summed E-state index contributed by atoms with van der Waals surface area (Å²) in [6.45, 7) is 1.65. The molecular formula is C17H25NO3S. The van der Waals surface area contributed by atoms with Gasteiger partial charge in [-0.3, -0.25) is 0 Å². The van der Waals surface area contributed by atoms with Crippen molar-refractivity contribution in [2.75, 3.05) is 26.0 Å². The Morgan fingerprint density at radius 3 is 2.41 bits per heavy atom. The summed E-state index contributed by atoms with van der Waals surface area (Å²) in [6, 6.07) is 11.0. The second-order valence-corrected chi connectivity index (χ2v) is 9.13. The zero-order valence-electron chi connectivity index (χ0n) is 13.1. The van der Waals surface area contributed by atoms with Gasteiger partial charge in [0, 0.05) is 32.1 Å². The zero-order chi connectivity index (χ0) is 15.6. The van der Waals surface area contributed by atoms with E-state index >= 15 is 0 Å². The average Bonchev–Trinajstić information content (AvgIpc) is 2.46. The van der Waals surface area contributed by atoms with Crippen LogP contribution in [0.25, 0.3) is 0 Å². The summed E-state index contributed by atoms with van der Waals surface area (Å²) in [5.74, 6) is 0.613. The third-order valence-electron chi connectivity index (χ3n) is 5.31. The van der Waals surface area contributed by atoms with Crippen LogP contribution in [0.4, 0.5) is 0 Å². The van der Waals surface area contributed by atoms with Crippen molar-refractivity contribution in [2.45, 2.75) is 42.4 Å². The van der Waals surface area contributed by atoms with Crippen LogP contribution < -0.4 is 5.32 Å². The summed E-state index contributed by atoms with van der Waals surface area (Å²) in [5, 5.41) is 3.50. The van der Waals surface area contributed by atoms with Gasteiger partial charge in [-0.05, 0) is 37.2 Å². The average molecular weight is 323 g/mol. The van der Waals surface area contributed by atoms with E-state index in [1.165, 1.54) is 11.8 Å². The smallest absolute Gasteiger partial charge is 0.154 e. The van der Waals surface area contributed by atoms with E-state index in [1.54, 1.807) is 0 Å². The first-order chi connectivity index (χ1) is 10.5. The summed E-state index contributed by atoms with van der Waals surface area (Å²) >= 11 is 0. The van der Waals surface area contributed by atoms with Crippen LogP contribution in [-0.2, 0) is 14.6 Å². The lowest BCUT2D eigenvalue weighted by Gasteiger charge is -2.41. The van der Waals surface area contributed by atoms with Crippen molar-refractivity contribution < 1.29 is 13.2 Å². The minimum absolute atomic E-state index is 0.437. The Hall–Kier alpha value is -0.910. The molecule has 22 heavy (non-hydrogen) atoms. The van der Waals surface area contributed by atoms with Gasteiger partial charge in [0.15, 0.2) is 9.84 Å². The fraction of sp³-hybridized carbons (Fsp3) is 0.647. The quantitative estimate of drug-likeness (QED) is 0.902. The highest BCUT2D eigenvalue weighted by Gasteiger charge is 2.43. The van der Waals surface area contributed by atoms with E-state index in [0.29, 0.717) is 44.6 Å². The Morgan fingerprint density at radius 1 is 1.18 bits per heavy atom. The van der Waals surface area contributed by atoms with Gasteiger partial charge in [0.1, 0.15) is 0 Å². The van der Waals surface area contributed by atoms with Crippen molar-refractivity contribution in [3.8, 4) is 0 Å². The largest absolute Gasteiger partial charge is 0.381 e. The number of sulfone groups is 1. The molecule has 0 spiro atoms. The van der Waals surface area contributed by atoms with Crippen molar-refractivity contribution in [3.63, 3.8) is 0 Å². The van der Waals surface area contributed by atoms with Gasteiger partial charge in [0.05, 0.1) is 4.75 Å². The molecule has 2 fully saturated rings. The van der Waals surface area contributed by atoms with Crippen molar-refractivity contribution in [1.29, 1.82) is 0 Å². The lowest BCUT2D eigenvalue weighted by atomic mass is 9.75. The second kappa shape index (κ2) is 6.30. The summed E-state index contributed by atoms with van der Waals surface area (Å²) in [4.78, 5) is 0. The molecule has 0 aromatic heterocycles. The number of ether oxygens (including phenoxy) is 1. The van der Waals surface area contributed by atoms with Gasteiger partial charge in [0.25, 0.3) is 0 Å². The van der Waals surface area contributed by atoms with Crippen LogP contribution in [0.1, 0.15) is 37.2 Å². The molecule has 1 aliphatic heterocycles. The van der Waals surface area contributed by atoms with Crippen molar-refractivity contribution >= 4 is 9.84 Å². The molecule has 1 saturated heterocycles. The van der Waals surface area contributed by atoms with Gasteiger partial charge in [-0.25, -0.2) is 8.42 Å². The minimum Gasteiger partial charge on any atom is -0.381 e. The molecule has 122 valence electrons. The summed E-state index contributed by atoms with van der Waals surface area (Å²) in [6.07, 6.45) is 4.77. The highest BCUT2D eigenvalue weighted by molar-refractivity contribution is 7.92. The number of hydrogen-bond donors (Lipinski definition) is 1. The van der Waals surface area contributed by atoms with Crippen LogP contribution in [0.15, 0.2) is 30.3 Å². The minimum atomic E-state index is -3.08. The molecule has 3 rings (SSSR count). The normalized spacial score (nSPS) is 28.0. The maximum Gasteiger partial charge on any atom is 0.154 e. The van der Waals surface area contributed by atoms with Crippen molar-refractivity contribution in [2.24, 2.45) is 0 Å². The molecule has 1 saturated carbocycles. The third kappa shape index (κ3) is 3.21. The number of nitrogens with one attached hydrogen (secondary N) is 1. The Morgan fingerprint density at radius 2 is 1.82 bits per heavy atom. The summed E-state index contributed by atoms with van der Waals surface area (Å²) in [5.41, 5.74) is 1.39. The Bertz CT molecular complexity index is 588. The van der Waals surface area contributed by atoms with E-state index in [2.05, 4.69) is 29.6 Å². The van der Waals surface area contributed by atoms with E-state index < -0.39 is 14.6 Å². The molecule has 0 amide bonds. The first kappa shape index (κ1) is 16.0. The van der Waals surface area contributed by atoms with Crippen molar-refractivity contribution in [3.05, 3.63) is 35.9 Å². The molecule has 5 heteroatoms. The molecule has 1 aromatic carbocycles. The van der Waals surface area contributed by atoms with Crippen LogP contribution in [0.3, 0.4) is 0 Å². The van der Waals surface area contributed by atoms with Gasteiger partial charge in [-0.15, -0.1) is 0 Å². The molecule has 1 aromatic rings. The van der Waals surface area contributed by atoms with E-state index in [0.717, 1.165) is 12.8 Å². The van der Waals surface area contributed by atoms with Crippen LogP contribution in [-0.4, -0.2) is 45.2 Å². The number of hydrogen-bond acceptors (Lipinski definition) is 4. The molecule has 4 nitrogen and oxygen atoms in total. The molecule has 0 atom stereocenters. The first-order valence-electron chi connectivity index (χ1n) is 8.06. The van der Waals surface area contributed by atoms with Crippen LogP contribution in [0.2, 0.25) is 0 Å². The Balaban J connectivity index is 1.54. The fourth-order valence-corrected chi connectivity index (χ4v) is 4.79. The lowest BCUT2D eigenvalue weighted by molar-refractivity contribution is 0.0724. The van der Waals surface area contributed by atoms with E-state index in [4.69, 9.17) is 4.74 Å². The molecule has 1 N–H and O–H groups in total. The standard InChI is InChI=1S/C17H25NO3S/c1-22(19,20)17(7-9-21-10-8-17)13-18-16-11-15(12-16)14-5-3-2-4-6-14/h2-6,15-16,18H,7-13H2,1H3. The van der Waals surface area contributed by atoms with Crippen LogP contribution in [0.5, 0.6) is 0 Å². The maximum atomic E-state index is 12.2. The fourth-order valence-electron chi connectivity index (χ4n) is 3.53. The maximum absolute atomic E-state index is 12.2. The monoisotopic (exact) mass is 323 g/mol. The molecule has 0 bridgehead atoms. The van der Waals surface area contributed by atoms with E-state index in [1.807, 2.05) is 6.07 Å². The molecule has 0 radical (unpaired) electrons. The SMILES string of the molecule is CS(=O)(=O)C1(CNC2CC(c3ccccc3)C2)CCOCC1. The number of rotatable bonds is 5. The second-order valence-electron chi connectivity index (χ2n) is 6.72. The topological polar surface area (TPSA) is 55.4 Å². The predicted octanol–water partition coefficient (Wildman–Crippen LogP) is 2.12. The van der Waals surface area contributed by atoms with Gasteiger partial charge < -0.3 is 10.1 Å². The lowest BCUT2D eigenvalue weighted by Crippen LogP contribution is -2.54. The van der Waals surface area contributed by atoms with Crippen LogP contribution in [0, 0.1) is 0 Å². The molecule has 0 unspecified atom stereocenters. The first-order valence-corrected chi connectivity index (χ1v) is 9.95. The highest BCUT2D eigenvalue weighted by Crippen LogP contribution is 2.37. The van der Waals surface area contributed by atoms with Crippen molar-refractivity contribution in [1.82, 2.24) is 5.32 Å².